The maximum absolute atomic E-state index is 6.04. The molecule has 0 aliphatic carbocycles. The highest BCUT2D eigenvalue weighted by molar-refractivity contribution is 7.80. The van der Waals surface area contributed by atoms with E-state index in [-0.39, 0.29) is 0 Å². The summed E-state index contributed by atoms with van der Waals surface area (Å²) in [5.74, 6) is 0.776. The normalized spacial score (nSPS) is 29.3. The topological polar surface area (TPSA) is 28.5 Å². The van der Waals surface area contributed by atoms with E-state index in [1.54, 1.807) is 0 Å². The lowest BCUT2D eigenvalue weighted by Gasteiger charge is -2.46. The van der Waals surface area contributed by atoms with Crippen LogP contribution in [0.15, 0.2) is 24.3 Å². The number of halogens is 1. The van der Waals surface area contributed by atoms with E-state index in [4.69, 9.17) is 23.8 Å². The highest BCUT2D eigenvalue weighted by Gasteiger charge is 2.41. The zero-order chi connectivity index (χ0) is 17.1. The van der Waals surface area contributed by atoms with Gasteiger partial charge in [0.2, 0.25) is 0 Å². The first-order chi connectivity index (χ1) is 11.5. The Kier molecular flexibility index (Phi) is 6.01. The number of nitrogens with one attached hydrogen (secondary N) is 3. The van der Waals surface area contributed by atoms with Gasteiger partial charge in [-0.1, -0.05) is 31.5 Å². The summed E-state index contributed by atoms with van der Waals surface area (Å²) >= 11 is 11.6. The molecule has 2 aliphatic rings. The number of rotatable bonds is 4. The van der Waals surface area contributed by atoms with E-state index in [0.29, 0.717) is 11.2 Å². The van der Waals surface area contributed by atoms with Crippen LogP contribution < -0.4 is 15.5 Å². The van der Waals surface area contributed by atoms with E-state index >= 15 is 0 Å². The van der Waals surface area contributed by atoms with Crippen molar-refractivity contribution in [1.29, 1.82) is 0 Å². The Bertz CT molecular complexity index is 563. The van der Waals surface area contributed by atoms with Crippen molar-refractivity contribution in [3.8, 4) is 0 Å². The van der Waals surface area contributed by atoms with Gasteiger partial charge in [-0.15, -0.1) is 0 Å². The van der Waals surface area contributed by atoms with Crippen LogP contribution in [0.4, 0.5) is 5.69 Å². The van der Waals surface area contributed by atoms with Gasteiger partial charge in [-0.3, -0.25) is 0 Å². The largest absolute Gasteiger partial charge is 0.359 e. The van der Waals surface area contributed by atoms with Gasteiger partial charge in [-0.05, 0) is 49.7 Å². The molecule has 2 heterocycles. The average molecular weight is 367 g/mol. The van der Waals surface area contributed by atoms with Crippen LogP contribution in [0, 0.1) is 5.92 Å². The second-order valence-corrected chi connectivity index (χ2v) is 8.62. The Hall–Kier alpha value is -0.840. The maximum Gasteiger partial charge on any atom is 0.171 e. The Morgan fingerprint density at radius 3 is 2.62 bits per heavy atom. The summed E-state index contributed by atoms with van der Waals surface area (Å²) < 4.78 is 0. The molecule has 132 valence electrons. The van der Waals surface area contributed by atoms with Crippen LogP contribution in [0.3, 0.4) is 0 Å². The minimum atomic E-state index is 0.496. The molecule has 5 heteroatoms. The predicted octanol–water partition coefficient (Wildman–Crippen LogP) is 3.25. The maximum atomic E-state index is 6.04. The highest BCUT2D eigenvalue weighted by Crippen LogP contribution is 2.23. The number of thiocarbonyl (C=S) groups is 1. The SMILES string of the molecule is CC(C)C[NH+]1[C@@H]2CCC[C@H]1CC(NC(=S)Nc1cccc(Cl)c1)C2. The van der Waals surface area contributed by atoms with E-state index in [1.807, 2.05) is 29.2 Å². The van der Waals surface area contributed by atoms with Gasteiger partial charge in [0, 0.05) is 35.5 Å². The van der Waals surface area contributed by atoms with Gasteiger partial charge in [-0.2, -0.15) is 0 Å². The first-order valence-corrected chi connectivity index (χ1v) is 9.98. The standard InChI is InChI=1S/C19H28ClN3S/c1-13(2)12-23-17-7-4-8-18(23)11-16(10-17)22-19(24)21-15-6-3-5-14(20)9-15/h3,5-6,9,13,16-18H,4,7-8,10-12H2,1-2H3,(H2,21,22,24)/p+1/t16?,17-,18+. The third-order valence-electron chi connectivity index (χ3n) is 5.35. The zero-order valence-corrected chi connectivity index (χ0v) is 16.2. The Morgan fingerprint density at radius 1 is 1.29 bits per heavy atom. The first kappa shape index (κ1) is 18.0. The van der Waals surface area contributed by atoms with Crippen molar-refractivity contribution >= 4 is 34.6 Å². The Labute approximate surface area is 156 Å². The van der Waals surface area contributed by atoms with Gasteiger partial charge in [0.15, 0.2) is 5.11 Å². The summed E-state index contributed by atoms with van der Waals surface area (Å²) in [6.07, 6.45) is 6.59. The van der Waals surface area contributed by atoms with Crippen LogP contribution in [0.5, 0.6) is 0 Å². The molecule has 24 heavy (non-hydrogen) atoms. The van der Waals surface area contributed by atoms with Gasteiger partial charge in [-0.25, -0.2) is 0 Å². The van der Waals surface area contributed by atoms with Crippen molar-refractivity contribution in [3.63, 3.8) is 0 Å². The summed E-state index contributed by atoms with van der Waals surface area (Å²) in [6.45, 7) is 6.00. The molecule has 2 saturated heterocycles. The molecule has 3 rings (SSSR count). The lowest BCUT2D eigenvalue weighted by Crippen LogP contribution is -3.21. The van der Waals surface area contributed by atoms with E-state index < -0.39 is 0 Å². The molecule has 0 saturated carbocycles. The van der Waals surface area contributed by atoms with E-state index in [0.717, 1.165) is 28.7 Å². The van der Waals surface area contributed by atoms with Crippen molar-refractivity contribution in [2.24, 2.45) is 5.92 Å². The van der Waals surface area contributed by atoms with E-state index in [9.17, 15) is 0 Å². The summed E-state index contributed by atoms with van der Waals surface area (Å²) in [5, 5.41) is 8.26. The number of piperidine rings is 2. The van der Waals surface area contributed by atoms with Crippen LogP contribution in [0.2, 0.25) is 5.02 Å². The molecule has 1 aromatic rings. The summed E-state index contributed by atoms with van der Waals surface area (Å²) in [7, 11) is 0. The van der Waals surface area contributed by atoms with Crippen molar-refractivity contribution in [1.82, 2.24) is 5.32 Å². The van der Waals surface area contributed by atoms with Crippen LogP contribution >= 0.6 is 23.8 Å². The third-order valence-corrected chi connectivity index (χ3v) is 5.81. The fourth-order valence-corrected chi connectivity index (χ4v) is 4.95. The molecule has 4 atom stereocenters. The number of fused-ring (bicyclic) bond motifs is 2. The van der Waals surface area contributed by atoms with Crippen molar-refractivity contribution in [2.45, 2.75) is 64.1 Å². The lowest BCUT2D eigenvalue weighted by molar-refractivity contribution is -0.963. The second-order valence-electron chi connectivity index (χ2n) is 7.77. The molecule has 0 spiro atoms. The molecule has 2 fully saturated rings. The quantitative estimate of drug-likeness (QED) is 0.714. The minimum absolute atomic E-state index is 0.496. The van der Waals surface area contributed by atoms with Gasteiger partial charge in [0.1, 0.15) is 0 Å². The Balaban J connectivity index is 1.56. The summed E-state index contributed by atoms with van der Waals surface area (Å²) in [5.41, 5.74) is 0.947. The zero-order valence-electron chi connectivity index (χ0n) is 14.6. The third kappa shape index (κ3) is 4.62. The molecule has 3 N–H and O–H groups in total. The second kappa shape index (κ2) is 8.03. The molecular formula is C19H29ClN3S+. The fourth-order valence-electron chi connectivity index (χ4n) is 4.48. The Morgan fingerprint density at radius 2 is 2.00 bits per heavy atom. The number of hydrogen-bond acceptors (Lipinski definition) is 1. The van der Waals surface area contributed by atoms with Crippen molar-refractivity contribution < 1.29 is 4.90 Å². The smallest absolute Gasteiger partial charge is 0.171 e. The predicted molar refractivity (Wildman–Crippen MR) is 106 cm³/mol. The first-order valence-electron chi connectivity index (χ1n) is 9.20. The molecule has 2 aliphatic heterocycles. The fraction of sp³-hybridized carbons (Fsp3) is 0.632. The average Bonchev–Trinajstić information content (AvgIpc) is 2.47. The number of hydrogen-bond donors (Lipinski definition) is 3. The van der Waals surface area contributed by atoms with Crippen molar-refractivity contribution in [3.05, 3.63) is 29.3 Å². The van der Waals surface area contributed by atoms with Gasteiger partial charge in [0.25, 0.3) is 0 Å². The van der Waals surface area contributed by atoms with Crippen molar-refractivity contribution in [2.75, 3.05) is 11.9 Å². The molecule has 2 bridgehead atoms. The van der Waals surface area contributed by atoms with Gasteiger partial charge >= 0.3 is 0 Å². The molecule has 3 nitrogen and oxygen atoms in total. The highest BCUT2D eigenvalue weighted by atomic mass is 35.5. The minimum Gasteiger partial charge on any atom is -0.359 e. The number of benzene rings is 1. The van der Waals surface area contributed by atoms with Crippen LogP contribution in [0.25, 0.3) is 0 Å². The summed E-state index contributed by atoms with van der Waals surface area (Å²) in [6, 6.07) is 9.79. The molecule has 0 aromatic heterocycles. The van der Waals surface area contributed by atoms with E-state index in [1.165, 1.54) is 38.6 Å². The molecular weight excluding hydrogens is 338 g/mol. The molecule has 2 unspecified atom stereocenters. The van der Waals surface area contributed by atoms with Crippen LogP contribution in [-0.4, -0.2) is 29.8 Å². The molecule has 0 amide bonds. The molecule has 0 radical (unpaired) electrons. The number of quaternary nitrogens is 1. The summed E-state index contributed by atoms with van der Waals surface area (Å²) in [4.78, 5) is 1.85. The molecule has 1 aromatic carbocycles. The van der Waals surface area contributed by atoms with Gasteiger partial charge < -0.3 is 15.5 Å². The van der Waals surface area contributed by atoms with Crippen LogP contribution in [-0.2, 0) is 0 Å². The van der Waals surface area contributed by atoms with Gasteiger partial charge in [0.05, 0.1) is 18.6 Å². The monoisotopic (exact) mass is 366 g/mol. The van der Waals surface area contributed by atoms with Crippen LogP contribution in [0.1, 0.15) is 46.0 Å². The number of anilines is 1. The lowest BCUT2D eigenvalue weighted by atomic mass is 9.81. The van der Waals surface area contributed by atoms with E-state index in [2.05, 4.69) is 24.5 Å².